The topological polar surface area (TPSA) is 59.8 Å². The fourth-order valence-electron chi connectivity index (χ4n) is 2.53. The third-order valence-corrected chi connectivity index (χ3v) is 4.66. The molecule has 0 atom stereocenters. The third kappa shape index (κ3) is 4.94. The molecule has 29 heavy (non-hydrogen) atoms. The zero-order valence-electron chi connectivity index (χ0n) is 14.6. The number of nitrogens with zero attached hydrogens (tertiary/aromatic N) is 3. The van der Waals surface area contributed by atoms with Crippen molar-refractivity contribution in [1.82, 2.24) is 14.8 Å². The fourth-order valence-corrected chi connectivity index (χ4v) is 3.38. The fraction of sp³-hybridized carbons (Fsp3) is 0.235. The molecule has 0 aliphatic heterocycles. The molecule has 0 aliphatic rings. The molecule has 0 fully saturated rings. The maximum atomic E-state index is 13.0. The molecule has 5 nitrogen and oxygen atoms in total. The first-order chi connectivity index (χ1) is 13.4. The summed E-state index contributed by atoms with van der Waals surface area (Å²) in [7, 11) is 1.25. The molecule has 3 rings (SSSR count). The van der Waals surface area contributed by atoms with Gasteiger partial charge in [0.2, 0.25) is 0 Å². The van der Waals surface area contributed by atoms with E-state index in [0.29, 0.717) is 10.4 Å². The second kappa shape index (κ2) is 7.50. The summed E-state index contributed by atoms with van der Waals surface area (Å²) >= 11 is 0.951. The highest BCUT2D eigenvalue weighted by Gasteiger charge is 2.39. The van der Waals surface area contributed by atoms with Crippen molar-refractivity contribution in [3.05, 3.63) is 63.9 Å². The van der Waals surface area contributed by atoms with Gasteiger partial charge in [-0.05, 0) is 11.6 Å². The molecule has 2 aromatic heterocycles. The van der Waals surface area contributed by atoms with Gasteiger partial charge in [-0.1, -0.05) is 18.2 Å². The van der Waals surface area contributed by atoms with E-state index < -0.39 is 35.1 Å². The Morgan fingerprint density at radius 2 is 1.90 bits per heavy atom. The lowest BCUT2D eigenvalue weighted by atomic mass is 10.1. The summed E-state index contributed by atoms with van der Waals surface area (Å²) in [5.74, 6) is -1.04. The Morgan fingerprint density at radius 3 is 2.55 bits per heavy atom. The standard InChI is InChI=1S/C17H12F6N4OS/c1-27-8-12(13(26-27)17(21,22)23)14(28)25-15-24-7-11(29-15)6-9-3-2-4-10(5-9)16(18,19)20/h2-5,7-8H,6H2,1H3,(H,24,25,28). The van der Waals surface area contributed by atoms with E-state index in [1.807, 2.05) is 0 Å². The number of aromatic nitrogens is 3. The smallest absolute Gasteiger partial charge is 0.298 e. The predicted octanol–water partition coefficient (Wildman–Crippen LogP) is 4.76. The minimum absolute atomic E-state index is 0.0222. The van der Waals surface area contributed by atoms with Crippen LogP contribution in [0.15, 0.2) is 36.7 Å². The van der Waals surface area contributed by atoms with Gasteiger partial charge in [0, 0.05) is 30.7 Å². The number of hydrogen-bond donors (Lipinski definition) is 1. The normalized spacial score (nSPS) is 12.2. The Labute approximate surface area is 164 Å². The van der Waals surface area contributed by atoms with Crippen LogP contribution in [0.3, 0.4) is 0 Å². The summed E-state index contributed by atoms with van der Waals surface area (Å²) < 4.78 is 78.2. The predicted molar refractivity (Wildman–Crippen MR) is 92.5 cm³/mol. The van der Waals surface area contributed by atoms with Crippen LogP contribution in [0.25, 0.3) is 0 Å². The summed E-state index contributed by atoms with van der Waals surface area (Å²) in [4.78, 5) is 16.6. The number of alkyl halides is 6. The number of carbonyl (C=O) groups is 1. The van der Waals surface area contributed by atoms with Crippen molar-refractivity contribution >= 4 is 22.4 Å². The molecule has 0 unspecified atom stereocenters. The van der Waals surface area contributed by atoms with Crippen LogP contribution in [0.4, 0.5) is 31.5 Å². The van der Waals surface area contributed by atoms with E-state index in [4.69, 9.17) is 0 Å². The Morgan fingerprint density at radius 1 is 1.17 bits per heavy atom. The molecule has 0 spiro atoms. The molecule has 12 heteroatoms. The van der Waals surface area contributed by atoms with Crippen molar-refractivity contribution in [3.63, 3.8) is 0 Å². The van der Waals surface area contributed by atoms with Crippen LogP contribution in [-0.4, -0.2) is 20.7 Å². The second-order valence-corrected chi connectivity index (χ2v) is 7.14. The van der Waals surface area contributed by atoms with Crippen molar-refractivity contribution in [3.8, 4) is 0 Å². The molecule has 0 radical (unpaired) electrons. The van der Waals surface area contributed by atoms with Gasteiger partial charge in [-0.15, -0.1) is 11.3 Å². The van der Waals surface area contributed by atoms with Crippen LogP contribution in [0, 0.1) is 0 Å². The van der Waals surface area contributed by atoms with E-state index in [1.165, 1.54) is 25.4 Å². The van der Waals surface area contributed by atoms with Crippen molar-refractivity contribution in [2.75, 3.05) is 5.32 Å². The summed E-state index contributed by atoms with van der Waals surface area (Å²) in [6.07, 6.45) is -6.86. The van der Waals surface area contributed by atoms with Crippen LogP contribution in [0.1, 0.15) is 32.1 Å². The van der Waals surface area contributed by atoms with E-state index in [9.17, 15) is 31.1 Å². The highest BCUT2D eigenvalue weighted by Crippen LogP contribution is 2.32. The third-order valence-electron chi connectivity index (χ3n) is 3.75. The zero-order valence-corrected chi connectivity index (χ0v) is 15.4. The number of rotatable bonds is 4. The Balaban J connectivity index is 1.74. The summed E-state index contributed by atoms with van der Waals surface area (Å²) in [5.41, 5.74) is -2.38. The highest BCUT2D eigenvalue weighted by atomic mass is 32.1. The molecular formula is C17H12F6N4OS. The van der Waals surface area contributed by atoms with Gasteiger partial charge in [0.25, 0.3) is 5.91 Å². The molecule has 0 bridgehead atoms. The number of halogens is 6. The van der Waals surface area contributed by atoms with E-state index in [-0.39, 0.29) is 11.6 Å². The summed E-state index contributed by atoms with van der Waals surface area (Å²) in [6.45, 7) is 0. The van der Waals surface area contributed by atoms with Gasteiger partial charge < -0.3 is 0 Å². The molecule has 2 heterocycles. The molecular weight excluding hydrogens is 422 g/mol. The lowest BCUT2D eigenvalue weighted by molar-refractivity contribution is -0.141. The molecule has 154 valence electrons. The Bertz CT molecular complexity index is 1040. The largest absolute Gasteiger partial charge is 0.435 e. The maximum absolute atomic E-state index is 13.0. The van der Waals surface area contributed by atoms with Gasteiger partial charge >= 0.3 is 12.4 Å². The monoisotopic (exact) mass is 434 g/mol. The van der Waals surface area contributed by atoms with Gasteiger partial charge in [-0.25, -0.2) is 4.98 Å². The molecule has 0 saturated carbocycles. The minimum atomic E-state index is -4.80. The van der Waals surface area contributed by atoms with E-state index in [2.05, 4.69) is 15.4 Å². The first-order valence-corrected chi connectivity index (χ1v) is 8.78. The van der Waals surface area contributed by atoms with Crippen molar-refractivity contribution in [2.45, 2.75) is 18.8 Å². The number of aryl methyl sites for hydroxylation is 1. The number of carbonyl (C=O) groups excluding carboxylic acids is 1. The van der Waals surface area contributed by atoms with Crippen LogP contribution in [0.2, 0.25) is 0 Å². The SMILES string of the molecule is Cn1cc(C(=O)Nc2ncc(Cc3cccc(C(F)(F)F)c3)s2)c(C(F)(F)F)n1. The van der Waals surface area contributed by atoms with Gasteiger partial charge in [0.1, 0.15) is 0 Å². The minimum Gasteiger partial charge on any atom is -0.298 e. The first kappa shape index (κ1) is 20.8. The molecule has 1 N–H and O–H groups in total. The van der Waals surface area contributed by atoms with Crippen molar-refractivity contribution in [1.29, 1.82) is 0 Å². The zero-order chi connectivity index (χ0) is 21.4. The van der Waals surface area contributed by atoms with Crippen LogP contribution < -0.4 is 5.32 Å². The molecule has 1 aromatic carbocycles. The average molecular weight is 434 g/mol. The average Bonchev–Trinajstić information content (AvgIpc) is 3.20. The lowest BCUT2D eigenvalue weighted by Gasteiger charge is -2.07. The number of amides is 1. The Kier molecular flexibility index (Phi) is 5.39. The highest BCUT2D eigenvalue weighted by molar-refractivity contribution is 7.15. The summed E-state index contributed by atoms with van der Waals surface area (Å²) in [5, 5.41) is 5.54. The number of anilines is 1. The van der Waals surface area contributed by atoms with E-state index in [1.54, 1.807) is 0 Å². The van der Waals surface area contributed by atoms with Gasteiger partial charge in [0.15, 0.2) is 10.8 Å². The summed E-state index contributed by atoms with van der Waals surface area (Å²) in [6, 6.07) is 4.75. The van der Waals surface area contributed by atoms with Crippen LogP contribution in [0.5, 0.6) is 0 Å². The quantitative estimate of drug-likeness (QED) is 0.603. The molecule has 0 saturated heterocycles. The first-order valence-electron chi connectivity index (χ1n) is 7.96. The van der Waals surface area contributed by atoms with Crippen molar-refractivity contribution in [2.24, 2.45) is 7.05 Å². The van der Waals surface area contributed by atoms with Gasteiger partial charge in [-0.2, -0.15) is 31.4 Å². The number of benzene rings is 1. The van der Waals surface area contributed by atoms with Crippen molar-refractivity contribution < 1.29 is 31.1 Å². The van der Waals surface area contributed by atoms with Crippen LogP contribution in [-0.2, 0) is 25.8 Å². The lowest BCUT2D eigenvalue weighted by Crippen LogP contribution is -2.17. The van der Waals surface area contributed by atoms with E-state index in [0.717, 1.165) is 34.3 Å². The maximum Gasteiger partial charge on any atom is 0.435 e. The second-order valence-electron chi connectivity index (χ2n) is 6.02. The molecule has 1 amide bonds. The Hall–Kier alpha value is -2.89. The van der Waals surface area contributed by atoms with Gasteiger partial charge in [0.05, 0.1) is 11.1 Å². The molecule has 0 aliphatic carbocycles. The van der Waals surface area contributed by atoms with Gasteiger partial charge in [-0.3, -0.25) is 14.8 Å². The van der Waals surface area contributed by atoms with E-state index >= 15 is 0 Å². The number of hydrogen-bond acceptors (Lipinski definition) is 4. The van der Waals surface area contributed by atoms with Crippen LogP contribution >= 0.6 is 11.3 Å². The number of nitrogens with one attached hydrogen (secondary N) is 1. The molecule has 3 aromatic rings. The number of thiazole rings is 1.